The number of ketones is 1. The third kappa shape index (κ3) is 1.08. The van der Waals surface area contributed by atoms with Crippen molar-refractivity contribution in [1.29, 1.82) is 0 Å². The molecule has 0 aromatic heterocycles. The summed E-state index contributed by atoms with van der Waals surface area (Å²) in [5.41, 5.74) is 2.16. The Hall–Kier alpha value is -1.21. The van der Waals surface area contributed by atoms with E-state index in [2.05, 4.69) is 9.39 Å². The summed E-state index contributed by atoms with van der Waals surface area (Å²) in [6, 6.07) is 5.39. The van der Waals surface area contributed by atoms with Crippen LogP contribution < -0.4 is 4.67 Å². The van der Waals surface area contributed by atoms with Gasteiger partial charge < -0.3 is 0 Å². The summed E-state index contributed by atoms with van der Waals surface area (Å²) in [5, 5.41) is 0. The van der Waals surface area contributed by atoms with Gasteiger partial charge in [0.25, 0.3) is 5.78 Å². The van der Waals surface area contributed by atoms with E-state index in [1.807, 2.05) is 13.0 Å². The Morgan fingerprint density at radius 3 is 2.69 bits per heavy atom. The van der Waals surface area contributed by atoms with Crippen LogP contribution >= 0.6 is 9.39 Å². The predicted octanol–water partition coefficient (Wildman–Crippen LogP) is 1.31. The van der Waals surface area contributed by atoms with Crippen molar-refractivity contribution >= 4 is 26.8 Å². The molecule has 1 aliphatic rings. The lowest BCUT2D eigenvalue weighted by atomic mass is 10.1. The van der Waals surface area contributed by atoms with Gasteiger partial charge in [0.15, 0.2) is 0 Å². The largest absolute Gasteiger partial charge is 0.302 e. The van der Waals surface area contributed by atoms with Gasteiger partial charge in [-0.25, -0.2) is 0 Å². The minimum Gasteiger partial charge on any atom is -0.289 e. The quantitative estimate of drug-likeness (QED) is 0.460. The Morgan fingerprint density at radius 1 is 1.31 bits per heavy atom. The predicted molar refractivity (Wildman–Crippen MR) is 52.7 cm³/mol. The van der Waals surface area contributed by atoms with Crippen LogP contribution in [0.2, 0.25) is 0 Å². The highest BCUT2D eigenvalue weighted by molar-refractivity contribution is 7.22. The van der Waals surface area contributed by atoms with Crippen LogP contribution in [0.3, 0.4) is 0 Å². The highest BCUT2D eigenvalue weighted by Crippen LogP contribution is 2.31. The second-order valence-corrected chi connectivity index (χ2v) is 3.54. The molecule has 66 valence electrons. The van der Waals surface area contributed by atoms with Crippen molar-refractivity contribution in [2.75, 3.05) is 4.67 Å². The fourth-order valence-corrected chi connectivity index (χ4v) is 1.72. The van der Waals surface area contributed by atoms with Crippen molar-refractivity contribution in [1.82, 2.24) is 0 Å². The van der Waals surface area contributed by atoms with Crippen LogP contribution in [0.5, 0.6) is 0 Å². The molecule has 3 nitrogen and oxygen atoms in total. The SMILES string of the molecule is Cc1ccc2c(c1)C(=O)C(=O)N2P. The molecule has 0 N–H and O–H groups in total. The number of amides is 1. The van der Waals surface area contributed by atoms with Gasteiger partial charge in [0.2, 0.25) is 0 Å². The maximum absolute atomic E-state index is 11.4. The zero-order chi connectivity index (χ0) is 9.59. The Balaban J connectivity index is 2.67. The van der Waals surface area contributed by atoms with Crippen LogP contribution in [-0.4, -0.2) is 11.7 Å². The number of hydrogen-bond donors (Lipinski definition) is 0. The van der Waals surface area contributed by atoms with Crippen LogP contribution in [0.4, 0.5) is 5.69 Å². The van der Waals surface area contributed by atoms with E-state index >= 15 is 0 Å². The Kier molecular flexibility index (Phi) is 1.70. The van der Waals surface area contributed by atoms with Crippen LogP contribution in [0, 0.1) is 6.92 Å². The summed E-state index contributed by atoms with van der Waals surface area (Å²) >= 11 is 0. The molecule has 4 heteroatoms. The molecule has 1 amide bonds. The standard InChI is InChI=1S/C9H8NO2P/c1-5-2-3-7-6(4-5)8(11)9(12)10(7)13/h2-4H,13H2,1H3. The van der Waals surface area contributed by atoms with Gasteiger partial charge >= 0.3 is 5.91 Å². The van der Waals surface area contributed by atoms with E-state index in [0.29, 0.717) is 11.3 Å². The second-order valence-electron chi connectivity index (χ2n) is 3.02. The average molecular weight is 193 g/mol. The van der Waals surface area contributed by atoms with E-state index in [9.17, 15) is 9.59 Å². The van der Waals surface area contributed by atoms with Crippen molar-refractivity contribution in [3.8, 4) is 0 Å². The maximum Gasteiger partial charge on any atom is 0.302 e. The fourth-order valence-electron chi connectivity index (χ4n) is 1.38. The lowest BCUT2D eigenvalue weighted by Gasteiger charge is -2.07. The molecule has 2 rings (SSSR count). The molecule has 0 aliphatic carbocycles. The lowest BCUT2D eigenvalue weighted by Crippen LogP contribution is -2.19. The molecule has 0 spiro atoms. The average Bonchev–Trinajstić information content (AvgIpc) is 2.32. The lowest BCUT2D eigenvalue weighted by molar-refractivity contribution is -0.113. The Morgan fingerprint density at radius 2 is 2.00 bits per heavy atom. The van der Waals surface area contributed by atoms with Crippen molar-refractivity contribution in [2.24, 2.45) is 0 Å². The number of carbonyl (C=O) groups is 2. The van der Waals surface area contributed by atoms with Gasteiger partial charge in [0.1, 0.15) is 0 Å². The molecule has 0 radical (unpaired) electrons. The summed E-state index contributed by atoms with van der Waals surface area (Å²) in [5.74, 6) is -0.903. The first kappa shape index (κ1) is 8.39. The summed E-state index contributed by atoms with van der Waals surface area (Å²) in [6.07, 6.45) is 0. The first-order valence-electron chi connectivity index (χ1n) is 3.85. The molecule has 1 heterocycles. The molecule has 0 saturated heterocycles. The summed E-state index contributed by atoms with van der Waals surface area (Å²) < 4.78 is 1.30. The number of anilines is 1. The molecule has 0 saturated carbocycles. The summed E-state index contributed by atoms with van der Waals surface area (Å²) in [7, 11) is 2.24. The first-order chi connectivity index (χ1) is 6.11. The number of rotatable bonds is 0. The number of aryl methyl sites for hydroxylation is 1. The second kappa shape index (κ2) is 2.64. The Labute approximate surface area is 78.0 Å². The van der Waals surface area contributed by atoms with Crippen LogP contribution in [0.1, 0.15) is 15.9 Å². The van der Waals surface area contributed by atoms with E-state index < -0.39 is 11.7 Å². The summed E-state index contributed by atoms with van der Waals surface area (Å²) in [4.78, 5) is 22.6. The third-order valence-electron chi connectivity index (χ3n) is 2.07. The molecule has 1 unspecified atom stereocenters. The summed E-state index contributed by atoms with van der Waals surface area (Å²) in [6.45, 7) is 1.89. The third-order valence-corrected chi connectivity index (χ3v) is 2.58. The number of benzene rings is 1. The van der Waals surface area contributed by atoms with Gasteiger partial charge in [0, 0.05) is 0 Å². The first-order valence-corrected chi connectivity index (χ1v) is 4.37. The number of carbonyl (C=O) groups excluding carboxylic acids is 2. The zero-order valence-electron chi connectivity index (χ0n) is 7.07. The number of Topliss-reactive ketones (excluding diaryl/α,β-unsaturated/α-hetero) is 1. The fraction of sp³-hybridized carbons (Fsp3) is 0.111. The molecule has 0 fully saturated rings. The van der Waals surface area contributed by atoms with Crippen LogP contribution in [0.15, 0.2) is 18.2 Å². The highest BCUT2D eigenvalue weighted by atomic mass is 31.0. The van der Waals surface area contributed by atoms with Crippen LogP contribution in [0.25, 0.3) is 0 Å². The van der Waals surface area contributed by atoms with Crippen molar-refractivity contribution < 1.29 is 9.59 Å². The molecule has 1 atom stereocenters. The molecule has 0 bridgehead atoms. The Bertz CT molecular complexity index is 414. The number of fused-ring (bicyclic) bond motifs is 1. The molecule has 13 heavy (non-hydrogen) atoms. The van der Waals surface area contributed by atoms with Gasteiger partial charge in [-0.05, 0) is 28.4 Å². The van der Waals surface area contributed by atoms with Gasteiger partial charge in [-0.15, -0.1) is 0 Å². The maximum atomic E-state index is 11.4. The number of hydrogen-bond acceptors (Lipinski definition) is 2. The monoisotopic (exact) mass is 193 g/mol. The van der Waals surface area contributed by atoms with E-state index in [0.717, 1.165) is 5.56 Å². The number of nitrogens with zero attached hydrogens (tertiary/aromatic N) is 1. The molecule has 1 aromatic rings. The topological polar surface area (TPSA) is 37.4 Å². The van der Waals surface area contributed by atoms with E-state index in [-0.39, 0.29) is 0 Å². The van der Waals surface area contributed by atoms with Crippen molar-refractivity contribution in [2.45, 2.75) is 6.92 Å². The molecular formula is C9H8NO2P. The van der Waals surface area contributed by atoms with Crippen molar-refractivity contribution in [3.05, 3.63) is 29.3 Å². The van der Waals surface area contributed by atoms with E-state index in [1.165, 1.54) is 4.67 Å². The van der Waals surface area contributed by atoms with Crippen molar-refractivity contribution in [3.63, 3.8) is 0 Å². The minimum absolute atomic E-state index is 0.423. The highest BCUT2D eigenvalue weighted by Gasteiger charge is 2.33. The minimum atomic E-state index is -0.481. The van der Waals surface area contributed by atoms with E-state index in [4.69, 9.17) is 0 Å². The van der Waals surface area contributed by atoms with Gasteiger partial charge in [-0.1, -0.05) is 11.6 Å². The van der Waals surface area contributed by atoms with Crippen LogP contribution in [-0.2, 0) is 4.79 Å². The normalized spacial score (nSPS) is 15.1. The molecule has 1 aromatic carbocycles. The molecular weight excluding hydrogens is 185 g/mol. The molecule has 1 aliphatic heterocycles. The van der Waals surface area contributed by atoms with Gasteiger partial charge in [-0.2, -0.15) is 0 Å². The van der Waals surface area contributed by atoms with E-state index in [1.54, 1.807) is 12.1 Å². The van der Waals surface area contributed by atoms with Gasteiger partial charge in [-0.3, -0.25) is 14.3 Å². The smallest absolute Gasteiger partial charge is 0.289 e. The zero-order valence-corrected chi connectivity index (χ0v) is 8.23. The van der Waals surface area contributed by atoms with Gasteiger partial charge in [0.05, 0.1) is 11.3 Å².